The number of aromatic carboxylic acids is 1. The normalized spacial score (nSPS) is 10.0. The lowest BCUT2D eigenvalue weighted by Gasteiger charge is -2.18. The molecule has 0 spiro atoms. The number of carbonyl (C=O) groups excluding carboxylic acids is 1. The Labute approximate surface area is 122 Å². The van der Waals surface area contributed by atoms with Gasteiger partial charge in [-0.2, -0.15) is 0 Å². The molecule has 2 aromatic carbocycles. The molecule has 0 aliphatic carbocycles. The topological polar surface area (TPSA) is 69.6 Å². The number of hydrogen-bond donors (Lipinski definition) is 2. The van der Waals surface area contributed by atoms with E-state index in [0.29, 0.717) is 5.69 Å². The van der Waals surface area contributed by atoms with Crippen molar-refractivity contribution in [1.82, 2.24) is 0 Å². The summed E-state index contributed by atoms with van der Waals surface area (Å²) in [5.41, 5.74) is 2.63. The Hall–Kier alpha value is -2.82. The summed E-state index contributed by atoms with van der Waals surface area (Å²) in [6.45, 7) is 1.98. The molecule has 0 unspecified atom stereocenters. The maximum absolute atomic E-state index is 12.1. The van der Waals surface area contributed by atoms with Crippen LogP contribution in [0.25, 0.3) is 0 Å². The molecular weight excluding hydrogens is 268 g/mol. The number of amides is 2. The summed E-state index contributed by atoms with van der Waals surface area (Å²) in [5.74, 6) is -0.996. The molecule has 0 fully saturated rings. The van der Waals surface area contributed by atoms with Crippen LogP contribution in [0.15, 0.2) is 48.5 Å². The van der Waals surface area contributed by atoms with Crippen LogP contribution in [0.4, 0.5) is 16.2 Å². The maximum Gasteiger partial charge on any atom is 0.335 e. The molecule has 5 nitrogen and oxygen atoms in total. The van der Waals surface area contributed by atoms with Gasteiger partial charge in [0.1, 0.15) is 0 Å². The van der Waals surface area contributed by atoms with Crippen LogP contribution in [0, 0.1) is 6.92 Å². The Morgan fingerprint density at radius 3 is 2.10 bits per heavy atom. The van der Waals surface area contributed by atoms with Gasteiger partial charge < -0.3 is 10.4 Å². The van der Waals surface area contributed by atoms with E-state index in [0.717, 1.165) is 11.3 Å². The highest BCUT2D eigenvalue weighted by Crippen LogP contribution is 2.16. The van der Waals surface area contributed by atoms with E-state index in [4.69, 9.17) is 5.11 Å². The van der Waals surface area contributed by atoms with Crippen molar-refractivity contribution in [2.24, 2.45) is 0 Å². The molecule has 0 aliphatic heterocycles. The van der Waals surface area contributed by atoms with Crippen LogP contribution < -0.4 is 10.2 Å². The molecule has 108 valence electrons. The van der Waals surface area contributed by atoms with E-state index in [1.807, 2.05) is 31.2 Å². The number of carbonyl (C=O) groups is 2. The summed E-state index contributed by atoms with van der Waals surface area (Å²) in [6.07, 6.45) is 0. The van der Waals surface area contributed by atoms with E-state index in [-0.39, 0.29) is 11.6 Å². The standard InChI is InChI=1S/C16H16N2O3/c1-11-3-9-14(10-4-11)18(2)16(21)17-13-7-5-12(6-8-13)15(19)20/h3-10H,1-2H3,(H,17,21)(H,19,20). The first-order chi connectivity index (χ1) is 9.97. The Morgan fingerprint density at radius 1 is 1.00 bits per heavy atom. The van der Waals surface area contributed by atoms with Crippen LogP contribution in [0.2, 0.25) is 0 Å². The minimum absolute atomic E-state index is 0.180. The summed E-state index contributed by atoms with van der Waals surface area (Å²) < 4.78 is 0. The van der Waals surface area contributed by atoms with Crippen molar-refractivity contribution >= 4 is 23.4 Å². The molecule has 0 atom stereocenters. The molecule has 2 N–H and O–H groups in total. The summed E-state index contributed by atoms with van der Waals surface area (Å²) in [4.78, 5) is 24.4. The number of carboxylic acid groups (broad SMARTS) is 1. The lowest BCUT2D eigenvalue weighted by molar-refractivity contribution is 0.0697. The fourth-order valence-corrected chi connectivity index (χ4v) is 1.79. The monoisotopic (exact) mass is 284 g/mol. The number of nitrogens with one attached hydrogen (secondary N) is 1. The highest BCUT2D eigenvalue weighted by atomic mass is 16.4. The third kappa shape index (κ3) is 3.60. The third-order valence-electron chi connectivity index (χ3n) is 3.11. The smallest absolute Gasteiger partial charge is 0.335 e. The zero-order valence-corrected chi connectivity index (χ0v) is 11.8. The average Bonchev–Trinajstić information content (AvgIpc) is 2.47. The molecule has 21 heavy (non-hydrogen) atoms. The number of carboxylic acids is 1. The van der Waals surface area contributed by atoms with Crippen molar-refractivity contribution in [2.45, 2.75) is 6.92 Å². The van der Waals surface area contributed by atoms with Gasteiger partial charge in [-0.25, -0.2) is 9.59 Å². The lowest BCUT2D eigenvalue weighted by atomic mass is 10.2. The van der Waals surface area contributed by atoms with Crippen molar-refractivity contribution in [3.05, 3.63) is 59.7 Å². The largest absolute Gasteiger partial charge is 0.478 e. The molecule has 0 saturated carbocycles. The van der Waals surface area contributed by atoms with E-state index in [1.165, 1.54) is 17.0 Å². The van der Waals surface area contributed by atoms with Crippen molar-refractivity contribution in [2.75, 3.05) is 17.3 Å². The molecule has 0 saturated heterocycles. The summed E-state index contributed by atoms with van der Waals surface area (Å²) >= 11 is 0. The number of aryl methyl sites for hydroxylation is 1. The molecule has 0 aliphatic rings. The minimum Gasteiger partial charge on any atom is -0.478 e. The van der Waals surface area contributed by atoms with Crippen molar-refractivity contribution in [1.29, 1.82) is 0 Å². The van der Waals surface area contributed by atoms with Gasteiger partial charge in [0.15, 0.2) is 0 Å². The van der Waals surface area contributed by atoms with Crippen molar-refractivity contribution in [3.8, 4) is 0 Å². The van der Waals surface area contributed by atoms with Crippen LogP contribution in [0.3, 0.4) is 0 Å². The second kappa shape index (κ2) is 6.09. The molecule has 0 aromatic heterocycles. The molecule has 0 bridgehead atoms. The third-order valence-corrected chi connectivity index (χ3v) is 3.11. The van der Waals surface area contributed by atoms with E-state index in [9.17, 15) is 9.59 Å². The first kappa shape index (κ1) is 14.6. The second-order valence-corrected chi connectivity index (χ2v) is 4.71. The van der Waals surface area contributed by atoms with Gasteiger partial charge in [0, 0.05) is 18.4 Å². The van der Waals surface area contributed by atoms with Gasteiger partial charge >= 0.3 is 12.0 Å². The molecular formula is C16H16N2O3. The number of hydrogen-bond acceptors (Lipinski definition) is 2. The minimum atomic E-state index is -0.996. The number of benzene rings is 2. The van der Waals surface area contributed by atoms with Gasteiger partial charge in [0.05, 0.1) is 5.56 Å². The van der Waals surface area contributed by atoms with E-state index in [2.05, 4.69) is 5.32 Å². The van der Waals surface area contributed by atoms with Gasteiger partial charge in [0.2, 0.25) is 0 Å². The van der Waals surface area contributed by atoms with Crippen LogP contribution in [0.1, 0.15) is 15.9 Å². The number of rotatable bonds is 3. The van der Waals surface area contributed by atoms with Crippen LogP contribution in [0.5, 0.6) is 0 Å². The van der Waals surface area contributed by atoms with Crippen LogP contribution in [-0.2, 0) is 0 Å². The summed E-state index contributed by atoms with van der Waals surface area (Å²) in [7, 11) is 1.67. The molecule has 0 heterocycles. The Bertz CT molecular complexity index is 648. The summed E-state index contributed by atoms with van der Waals surface area (Å²) in [6, 6.07) is 13.3. The van der Waals surface area contributed by atoms with Crippen LogP contribution in [-0.4, -0.2) is 24.2 Å². The van der Waals surface area contributed by atoms with Gasteiger partial charge in [-0.15, -0.1) is 0 Å². The Morgan fingerprint density at radius 2 is 1.57 bits per heavy atom. The molecule has 5 heteroatoms. The average molecular weight is 284 g/mol. The molecule has 2 rings (SSSR count). The van der Waals surface area contributed by atoms with Gasteiger partial charge in [-0.3, -0.25) is 4.90 Å². The fourth-order valence-electron chi connectivity index (χ4n) is 1.79. The predicted molar refractivity (Wildman–Crippen MR) is 82.0 cm³/mol. The SMILES string of the molecule is Cc1ccc(N(C)C(=O)Nc2ccc(C(=O)O)cc2)cc1. The van der Waals surface area contributed by atoms with Crippen molar-refractivity contribution < 1.29 is 14.7 Å². The fraction of sp³-hybridized carbons (Fsp3) is 0.125. The predicted octanol–water partition coefficient (Wildman–Crippen LogP) is 3.36. The highest BCUT2D eigenvalue weighted by Gasteiger charge is 2.11. The number of urea groups is 1. The van der Waals surface area contributed by atoms with Crippen molar-refractivity contribution in [3.63, 3.8) is 0 Å². The van der Waals surface area contributed by atoms with Gasteiger partial charge in [-0.1, -0.05) is 17.7 Å². The molecule has 2 amide bonds. The van der Waals surface area contributed by atoms with Gasteiger partial charge in [-0.05, 0) is 43.3 Å². The maximum atomic E-state index is 12.1. The summed E-state index contributed by atoms with van der Waals surface area (Å²) in [5, 5.41) is 11.5. The molecule has 2 aromatic rings. The zero-order chi connectivity index (χ0) is 15.4. The first-order valence-corrected chi connectivity index (χ1v) is 6.42. The Balaban J connectivity index is 2.06. The van der Waals surface area contributed by atoms with E-state index >= 15 is 0 Å². The Kier molecular flexibility index (Phi) is 4.23. The quantitative estimate of drug-likeness (QED) is 0.908. The van der Waals surface area contributed by atoms with Crippen LogP contribution >= 0.6 is 0 Å². The number of anilines is 2. The molecule has 0 radical (unpaired) electrons. The second-order valence-electron chi connectivity index (χ2n) is 4.71. The zero-order valence-electron chi connectivity index (χ0n) is 11.8. The highest BCUT2D eigenvalue weighted by molar-refractivity contribution is 6.01. The van der Waals surface area contributed by atoms with Gasteiger partial charge in [0.25, 0.3) is 0 Å². The first-order valence-electron chi connectivity index (χ1n) is 6.42. The lowest BCUT2D eigenvalue weighted by Crippen LogP contribution is -2.31. The number of nitrogens with zero attached hydrogens (tertiary/aromatic N) is 1. The van der Waals surface area contributed by atoms with E-state index in [1.54, 1.807) is 19.2 Å². The van der Waals surface area contributed by atoms with E-state index < -0.39 is 5.97 Å².